The van der Waals surface area contributed by atoms with Crippen molar-refractivity contribution in [2.45, 2.75) is 18.5 Å². The summed E-state index contributed by atoms with van der Waals surface area (Å²) >= 11 is 0.0255. The van der Waals surface area contributed by atoms with E-state index >= 15 is 0 Å². The van der Waals surface area contributed by atoms with Crippen molar-refractivity contribution in [3.8, 4) is 0 Å². The van der Waals surface area contributed by atoms with Gasteiger partial charge in [-0.15, -0.1) is 0 Å². The van der Waals surface area contributed by atoms with Crippen molar-refractivity contribution in [1.82, 2.24) is 10.2 Å². The first kappa shape index (κ1) is 15.1. The zero-order valence-electron chi connectivity index (χ0n) is 9.92. The van der Waals surface area contributed by atoms with Crippen LogP contribution in [0.4, 0.5) is 13.2 Å². The lowest BCUT2D eigenvalue weighted by atomic mass is 10.3. The Hall–Kier alpha value is 0.0200. The van der Waals surface area contributed by atoms with Crippen LogP contribution in [-0.4, -0.2) is 61.6 Å². The number of rotatable bonds is 6. The van der Waals surface area contributed by atoms with Gasteiger partial charge in [-0.3, -0.25) is 4.90 Å². The molecule has 1 N–H and O–H groups in total. The first-order valence-electron chi connectivity index (χ1n) is 5.71. The Labute approximate surface area is 104 Å². The molecule has 1 heterocycles. The number of hydrogen-bond donors (Lipinski definition) is 1. The smallest absolute Gasteiger partial charge is 0.379 e. The number of nitrogens with one attached hydrogen (secondary N) is 1. The van der Waals surface area contributed by atoms with E-state index in [-0.39, 0.29) is 23.6 Å². The fourth-order valence-corrected chi connectivity index (χ4v) is 2.16. The van der Waals surface area contributed by atoms with Crippen LogP contribution < -0.4 is 5.32 Å². The molecule has 7 heteroatoms. The molecule has 102 valence electrons. The van der Waals surface area contributed by atoms with E-state index in [9.17, 15) is 13.2 Å². The van der Waals surface area contributed by atoms with E-state index in [1.807, 2.05) is 6.92 Å². The number of alkyl halides is 3. The zero-order chi connectivity index (χ0) is 12.7. The summed E-state index contributed by atoms with van der Waals surface area (Å²) in [4.78, 5) is 2.26. The van der Waals surface area contributed by atoms with E-state index in [2.05, 4.69) is 10.2 Å². The van der Waals surface area contributed by atoms with Crippen LogP contribution in [-0.2, 0) is 4.74 Å². The summed E-state index contributed by atoms with van der Waals surface area (Å²) in [6, 6.07) is 0.210. The minimum Gasteiger partial charge on any atom is -0.379 e. The van der Waals surface area contributed by atoms with Crippen LogP contribution in [0.5, 0.6) is 0 Å². The quantitative estimate of drug-likeness (QED) is 0.742. The summed E-state index contributed by atoms with van der Waals surface area (Å²) in [7, 11) is 0. The Bertz CT molecular complexity index is 210. The normalized spacial score (nSPS) is 20.5. The Morgan fingerprint density at radius 1 is 1.35 bits per heavy atom. The van der Waals surface area contributed by atoms with Gasteiger partial charge in [0.15, 0.2) is 0 Å². The number of nitrogens with zero attached hydrogens (tertiary/aromatic N) is 1. The molecule has 17 heavy (non-hydrogen) atoms. The topological polar surface area (TPSA) is 24.5 Å². The third-order valence-electron chi connectivity index (χ3n) is 2.50. The van der Waals surface area contributed by atoms with Crippen molar-refractivity contribution in [2.24, 2.45) is 0 Å². The lowest BCUT2D eigenvalue weighted by Crippen LogP contribution is -2.44. The Morgan fingerprint density at radius 3 is 2.59 bits per heavy atom. The summed E-state index contributed by atoms with van der Waals surface area (Å²) in [5.41, 5.74) is -4.12. The molecule has 1 fully saturated rings. The van der Waals surface area contributed by atoms with E-state index in [1.165, 1.54) is 0 Å². The molecular formula is C10H19F3N2OS. The van der Waals surface area contributed by atoms with Crippen LogP contribution in [0.15, 0.2) is 0 Å². The summed E-state index contributed by atoms with van der Waals surface area (Å²) < 4.78 is 40.8. The fourth-order valence-electron chi connectivity index (χ4n) is 1.71. The molecule has 0 aromatic rings. The third-order valence-corrected chi connectivity index (χ3v) is 3.23. The fraction of sp³-hybridized carbons (Fsp3) is 1.00. The highest BCUT2D eigenvalue weighted by molar-refractivity contribution is 8.00. The first-order chi connectivity index (χ1) is 7.97. The minimum absolute atomic E-state index is 0.0255. The van der Waals surface area contributed by atoms with E-state index < -0.39 is 5.51 Å². The van der Waals surface area contributed by atoms with Gasteiger partial charge in [-0.25, -0.2) is 0 Å². The first-order valence-corrected chi connectivity index (χ1v) is 6.70. The molecule has 0 aromatic heterocycles. The second kappa shape index (κ2) is 7.45. The summed E-state index contributed by atoms with van der Waals surface area (Å²) in [6.45, 7) is 6.55. The van der Waals surface area contributed by atoms with Gasteiger partial charge in [0.05, 0.1) is 13.2 Å². The Morgan fingerprint density at radius 2 is 2.00 bits per heavy atom. The van der Waals surface area contributed by atoms with Gasteiger partial charge in [0, 0.05) is 38.0 Å². The predicted molar refractivity (Wildman–Crippen MR) is 63.2 cm³/mol. The molecule has 1 unspecified atom stereocenters. The number of ether oxygens (including phenoxy) is 1. The van der Waals surface area contributed by atoms with Gasteiger partial charge in [0.25, 0.3) is 0 Å². The van der Waals surface area contributed by atoms with Gasteiger partial charge in [-0.2, -0.15) is 13.2 Å². The molecule has 1 saturated heterocycles. The van der Waals surface area contributed by atoms with Crippen LogP contribution in [0.3, 0.4) is 0 Å². The second-order valence-corrected chi connectivity index (χ2v) is 5.22. The van der Waals surface area contributed by atoms with Crippen LogP contribution in [0, 0.1) is 0 Å². The Kier molecular flexibility index (Phi) is 6.61. The SMILES string of the molecule is CC(CN1CCOCC1)NCCSC(F)(F)F. The van der Waals surface area contributed by atoms with E-state index in [1.54, 1.807) is 0 Å². The highest BCUT2D eigenvalue weighted by atomic mass is 32.2. The van der Waals surface area contributed by atoms with Crippen molar-refractivity contribution in [3.63, 3.8) is 0 Å². The number of thioether (sulfide) groups is 1. The van der Waals surface area contributed by atoms with Gasteiger partial charge in [-0.05, 0) is 18.7 Å². The summed E-state index contributed by atoms with van der Waals surface area (Å²) in [5, 5.41) is 3.10. The number of halogens is 3. The third kappa shape index (κ3) is 7.86. The summed E-state index contributed by atoms with van der Waals surface area (Å²) in [5.74, 6) is 0.0664. The highest BCUT2D eigenvalue weighted by Crippen LogP contribution is 2.29. The van der Waals surface area contributed by atoms with Crippen LogP contribution in [0.1, 0.15) is 6.92 Å². The molecule has 0 amide bonds. The number of hydrogen-bond acceptors (Lipinski definition) is 4. The molecule has 0 saturated carbocycles. The Balaban J connectivity index is 2.02. The molecule has 0 spiro atoms. The van der Waals surface area contributed by atoms with E-state index in [4.69, 9.17) is 4.74 Å². The lowest BCUT2D eigenvalue weighted by molar-refractivity contribution is -0.0327. The second-order valence-electron chi connectivity index (χ2n) is 4.06. The van der Waals surface area contributed by atoms with Gasteiger partial charge >= 0.3 is 5.51 Å². The molecule has 0 radical (unpaired) electrons. The van der Waals surface area contributed by atoms with Crippen molar-refractivity contribution in [3.05, 3.63) is 0 Å². The minimum atomic E-state index is -4.12. The summed E-state index contributed by atoms with van der Waals surface area (Å²) in [6.07, 6.45) is 0. The lowest BCUT2D eigenvalue weighted by Gasteiger charge is -2.29. The maximum Gasteiger partial charge on any atom is 0.441 e. The molecule has 0 aliphatic carbocycles. The molecule has 1 rings (SSSR count). The van der Waals surface area contributed by atoms with Crippen molar-refractivity contribution >= 4 is 11.8 Å². The van der Waals surface area contributed by atoms with Crippen LogP contribution >= 0.6 is 11.8 Å². The molecule has 0 aromatic carbocycles. The van der Waals surface area contributed by atoms with Gasteiger partial charge in [-0.1, -0.05) is 0 Å². The monoisotopic (exact) mass is 272 g/mol. The average molecular weight is 272 g/mol. The van der Waals surface area contributed by atoms with Gasteiger partial charge in [0.1, 0.15) is 0 Å². The average Bonchev–Trinajstić information content (AvgIpc) is 2.25. The predicted octanol–water partition coefficient (Wildman–Crippen LogP) is 1.55. The highest BCUT2D eigenvalue weighted by Gasteiger charge is 2.27. The maximum atomic E-state index is 11.9. The molecule has 1 aliphatic heterocycles. The van der Waals surface area contributed by atoms with Crippen molar-refractivity contribution < 1.29 is 17.9 Å². The van der Waals surface area contributed by atoms with Gasteiger partial charge in [0.2, 0.25) is 0 Å². The van der Waals surface area contributed by atoms with E-state index in [0.29, 0.717) is 6.54 Å². The molecular weight excluding hydrogens is 253 g/mol. The van der Waals surface area contributed by atoms with E-state index in [0.717, 1.165) is 32.8 Å². The molecule has 1 atom stereocenters. The molecule has 1 aliphatic rings. The maximum absolute atomic E-state index is 11.9. The largest absolute Gasteiger partial charge is 0.441 e. The standard InChI is InChI=1S/C10H19F3N2OS/c1-9(8-15-3-5-16-6-4-15)14-2-7-17-10(11,12)13/h9,14H,2-8H2,1H3. The van der Waals surface area contributed by atoms with Gasteiger partial charge < -0.3 is 10.1 Å². The molecule has 3 nitrogen and oxygen atoms in total. The number of morpholine rings is 1. The van der Waals surface area contributed by atoms with Crippen LogP contribution in [0.2, 0.25) is 0 Å². The van der Waals surface area contributed by atoms with Crippen molar-refractivity contribution in [2.75, 3.05) is 45.1 Å². The zero-order valence-corrected chi connectivity index (χ0v) is 10.7. The van der Waals surface area contributed by atoms with Crippen LogP contribution in [0.25, 0.3) is 0 Å². The molecule has 0 bridgehead atoms. The van der Waals surface area contributed by atoms with Crippen molar-refractivity contribution in [1.29, 1.82) is 0 Å².